The van der Waals surface area contributed by atoms with Crippen molar-refractivity contribution < 1.29 is 9.18 Å². The number of fused-ring (bicyclic) bond motifs is 1. The Kier molecular flexibility index (Phi) is 4.83. The van der Waals surface area contributed by atoms with E-state index in [2.05, 4.69) is 11.1 Å². The fourth-order valence-corrected chi connectivity index (χ4v) is 3.45. The monoisotopic (exact) mass is 382 g/mol. The molecule has 0 saturated heterocycles. The van der Waals surface area contributed by atoms with Gasteiger partial charge in [0.1, 0.15) is 11.0 Å². The third-order valence-corrected chi connectivity index (χ3v) is 5.21. The van der Waals surface area contributed by atoms with Gasteiger partial charge in [0.2, 0.25) is 5.91 Å². The lowest BCUT2D eigenvalue weighted by molar-refractivity contribution is -0.133. The molecule has 138 valence electrons. The van der Waals surface area contributed by atoms with Crippen LogP contribution >= 0.6 is 11.6 Å². The molecule has 0 spiro atoms. The van der Waals surface area contributed by atoms with Crippen molar-refractivity contribution in [1.29, 1.82) is 0 Å². The highest BCUT2D eigenvalue weighted by Gasteiger charge is 2.33. The largest absolute Gasteiger partial charge is 0.334 e. The third kappa shape index (κ3) is 4.11. The van der Waals surface area contributed by atoms with Crippen LogP contribution in [0.1, 0.15) is 29.5 Å². The average molecular weight is 383 g/mol. The lowest BCUT2D eigenvalue weighted by atomic mass is 10.1. The Morgan fingerprint density at radius 2 is 1.89 bits per heavy atom. The summed E-state index contributed by atoms with van der Waals surface area (Å²) >= 11 is 6.41. The molecule has 1 fully saturated rings. The number of halogens is 2. The molecule has 1 amide bonds. The van der Waals surface area contributed by atoms with Gasteiger partial charge in [0, 0.05) is 30.0 Å². The molecule has 5 heteroatoms. The molecule has 0 N–H and O–H groups in total. The zero-order valence-corrected chi connectivity index (χ0v) is 15.8. The number of nitrogens with zero attached hydrogens (tertiary/aromatic N) is 2. The molecule has 0 unspecified atom stereocenters. The second-order valence-electron chi connectivity index (χ2n) is 7.23. The van der Waals surface area contributed by atoms with Crippen LogP contribution in [0, 0.1) is 18.7 Å². The summed E-state index contributed by atoms with van der Waals surface area (Å²) in [5.41, 5.74) is 3.71. The Labute approximate surface area is 162 Å². The van der Waals surface area contributed by atoms with Crippen molar-refractivity contribution in [3.05, 3.63) is 76.2 Å². The van der Waals surface area contributed by atoms with E-state index < -0.39 is 0 Å². The number of aromatic nitrogens is 1. The molecule has 0 atom stereocenters. The van der Waals surface area contributed by atoms with Crippen molar-refractivity contribution >= 4 is 28.4 Å². The summed E-state index contributed by atoms with van der Waals surface area (Å²) in [6.45, 7) is 2.85. The predicted molar refractivity (Wildman–Crippen MR) is 105 cm³/mol. The molecule has 1 heterocycles. The molecule has 27 heavy (non-hydrogen) atoms. The minimum atomic E-state index is -0.282. The fourth-order valence-electron chi connectivity index (χ4n) is 3.24. The van der Waals surface area contributed by atoms with Crippen molar-refractivity contribution in [2.75, 3.05) is 0 Å². The number of hydrogen-bond acceptors (Lipinski definition) is 2. The van der Waals surface area contributed by atoms with Gasteiger partial charge in [-0.2, -0.15) is 0 Å². The average Bonchev–Trinajstić information content (AvgIpc) is 3.48. The number of pyridine rings is 1. The van der Waals surface area contributed by atoms with E-state index >= 15 is 0 Å². The molecular weight excluding hydrogens is 363 g/mol. The van der Waals surface area contributed by atoms with Gasteiger partial charge in [-0.05, 0) is 55.7 Å². The summed E-state index contributed by atoms with van der Waals surface area (Å²) in [4.78, 5) is 19.1. The van der Waals surface area contributed by atoms with E-state index in [9.17, 15) is 9.18 Å². The molecule has 0 aliphatic heterocycles. The highest BCUT2D eigenvalue weighted by molar-refractivity contribution is 6.30. The number of aryl methyl sites for hydroxylation is 1. The summed E-state index contributed by atoms with van der Waals surface area (Å²) in [6.07, 6.45) is 1.86. The number of carbonyl (C=O) groups excluding carboxylic acids is 1. The van der Waals surface area contributed by atoms with Crippen molar-refractivity contribution in [3.8, 4) is 0 Å². The van der Waals surface area contributed by atoms with Crippen molar-refractivity contribution in [2.45, 2.75) is 32.9 Å². The van der Waals surface area contributed by atoms with E-state index in [-0.39, 0.29) is 17.6 Å². The van der Waals surface area contributed by atoms with Crippen molar-refractivity contribution in [1.82, 2.24) is 9.88 Å². The van der Waals surface area contributed by atoms with Gasteiger partial charge in [0.05, 0.1) is 5.52 Å². The van der Waals surface area contributed by atoms with Crippen LogP contribution in [0.25, 0.3) is 10.9 Å². The molecule has 1 aliphatic rings. The quantitative estimate of drug-likeness (QED) is 0.563. The van der Waals surface area contributed by atoms with Crippen LogP contribution < -0.4 is 0 Å². The SMILES string of the molecule is Cc1ccc2nc(Cl)c(CN(Cc3ccc(F)cc3)C(=O)C3CC3)cc2c1. The van der Waals surface area contributed by atoms with Crippen LogP contribution in [-0.2, 0) is 17.9 Å². The predicted octanol–water partition coefficient (Wildman–Crippen LogP) is 5.27. The van der Waals surface area contributed by atoms with Gasteiger partial charge in [-0.3, -0.25) is 4.79 Å². The molecule has 0 radical (unpaired) electrons. The first-order chi connectivity index (χ1) is 13.0. The Hall–Kier alpha value is -2.46. The first-order valence-electron chi connectivity index (χ1n) is 9.08. The van der Waals surface area contributed by atoms with Crippen molar-refractivity contribution in [3.63, 3.8) is 0 Å². The van der Waals surface area contributed by atoms with Gasteiger partial charge in [-0.1, -0.05) is 35.4 Å². The summed E-state index contributed by atoms with van der Waals surface area (Å²) < 4.78 is 13.2. The van der Waals surface area contributed by atoms with E-state index in [1.54, 1.807) is 17.0 Å². The molecule has 4 rings (SSSR count). The smallest absolute Gasteiger partial charge is 0.226 e. The second-order valence-corrected chi connectivity index (χ2v) is 7.59. The molecule has 2 aromatic carbocycles. The molecule has 3 aromatic rings. The normalized spacial score (nSPS) is 13.7. The Morgan fingerprint density at radius 3 is 2.59 bits per heavy atom. The van der Waals surface area contributed by atoms with Gasteiger partial charge in [0.15, 0.2) is 0 Å². The zero-order chi connectivity index (χ0) is 19.0. The van der Waals surface area contributed by atoms with E-state index in [0.717, 1.165) is 40.4 Å². The van der Waals surface area contributed by atoms with Gasteiger partial charge in [-0.25, -0.2) is 9.37 Å². The number of amides is 1. The third-order valence-electron chi connectivity index (χ3n) is 4.88. The summed E-state index contributed by atoms with van der Waals surface area (Å²) in [5.74, 6) is -0.0597. The summed E-state index contributed by atoms with van der Waals surface area (Å²) in [6, 6.07) is 14.3. The number of hydrogen-bond donors (Lipinski definition) is 0. The fraction of sp³-hybridized carbons (Fsp3) is 0.273. The number of carbonyl (C=O) groups is 1. The molecule has 1 aromatic heterocycles. The van der Waals surface area contributed by atoms with Crippen LogP contribution in [0.15, 0.2) is 48.5 Å². The zero-order valence-electron chi connectivity index (χ0n) is 15.1. The lowest BCUT2D eigenvalue weighted by Crippen LogP contribution is -2.31. The highest BCUT2D eigenvalue weighted by atomic mass is 35.5. The second kappa shape index (κ2) is 7.28. The van der Waals surface area contributed by atoms with Gasteiger partial charge in [0.25, 0.3) is 0 Å². The minimum Gasteiger partial charge on any atom is -0.334 e. The Morgan fingerprint density at radius 1 is 1.15 bits per heavy atom. The maximum Gasteiger partial charge on any atom is 0.226 e. The van der Waals surface area contributed by atoms with Crippen LogP contribution in [0.5, 0.6) is 0 Å². The van der Waals surface area contributed by atoms with Gasteiger partial charge in [-0.15, -0.1) is 0 Å². The van der Waals surface area contributed by atoms with Crippen LogP contribution in [0.3, 0.4) is 0 Å². The molecule has 1 saturated carbocycles. The summed E-state index contributed by atoms with van der Waals surface area (Å²) in [7, 11) is 0. The minimum absolute atomic E-state index is 0.0971. The first kappa shape index (κ1) is 17.9. The van der Waals surface area contributed by atoms with E-state index in [4.69, 9.17) is 11.6 Å². The number of rotatable bonds is 5. The van der Waals surface area contributed by atoms with Crippen LogP contribution in [-0.4, -0.2) is 15.8 Å². The molecular formula is C22H20ClFN2O. The lowest BCUT2D eigenvalue weighted by Gasteiger charge is -2.23. The maximum absolute atomic E-state index is 13.2. The molecule has 0 bridgehead atoms. The van der Waals surface area contributed by atoms with Crippen molar-refractivity contribution in [2.24, 2.45) is 5.92 Å². The highest BCUT2D eigenvalue weighted by Crippen LogP contribution is 2.33. The van der Waals surface area contributed by atoms with E-state index in [1.165, 1.54) is 12.1 Å². The number of benzene rings is 2. The van der Waals surface area contributed by atoms with Crippen LogP contribution in [0.4, 0.5) is 4.39 Å². The van der Waals surface area contributed by atoms with Gasteiger partial charge < -0.3 is 4.90 Å². The Balaban J connectivity index is 1.64. The van der Waals surface area contributed by atoms with E-state index in [1.807, 2.05) is 25.1 Å². The topological polar surface area (TPSA) is 33.2 Å². The Bertz CT molecular complexity index is 999. The van der Waals surface area contributed by atoms with Gasteiger partial charge >= 0.3 is 0 Å². The molecule has 3 nitrogen and oxygen atoms in total. The first-order valence-corrected chi connectivity index (χ1v) is 9.46. The van der Waals surface area contributed by atoms with E-state index in [0.29, 0.717) is 18.2 Å². The standard InChI is InChI=1S/C22H20ClFN2O/c1-14-2-9-20-17(10-14)11-18(21(23)25-20)13-26(22(27)16-5-6-16)12-15-3-7-19(24)8-4-15/h2-4,7-11,16H,5-6,12-13H2,1H3. The maximum atomic E-state index is 13.2. The molecule has 1 aliphatic carbocycles. The summed E-state index contributed by atoms with van der Waals surface area (Å²) in [5, 5.41) is 1.43. The van der Waals surface area contributed by atoms with Crippen LogP contribution in [0.2, 0.25) is 5.15 Å².